The summed E-state index contributed by atoms with van der Waals surface area (Å²) in [5, 5.41) is 19.0. The summed E-state index contributed by atoms with van der Waals surface area (Å²) in [7, 11) is 3.62. The molecule has 3 aromatic carbocycles. The molecule has 0 aliphatic rings. The number of benzene rings is 3. The summed E-state index contributed by atoms with van der Waals surface area (Å²) < 4.78 is 71.0. The second kappa shape index (κ2) is 14.6. The number of ether oxygens (including phenoxy) is 1. The third kappa shape index (κ3) is 9.09. The molecule has 0 saturated carbocycles. The van der Waals surface area contributed by atoms with Crippen LogP contribution in [-0.4, -0.2) is 72.2 Å². The summed E-state index contributed by atoms with van der Waals surface area (Å²) in [6.45, 7) is 0.218. The van der Waals surface area contributed by atoms with E-state index in [0.29, 0.717) is 29.0 Å². The Morgan fingerprint density at radius 2 is 1.66 bits per heavy atom. The maximum atomic E-state index is 14.0. The number of aliphatic carboxylic acids is 2. The highest BCUT2D eigenvalue weighted by Gasteiger charge is 2.38. The molecule has 4 rings (SSSR count). The number of halogens is 5. The molecule has 1 aromatic heterocycles. The van der Waals surface area contributed by atoms with E-state index < -0.39 is 35.8 Å². The van der Waals surface area contributed by atoms with E-state index in [0.717, 1.165) is 11.6 Å². The predicted octanol–water partition coefficient (Wildman–Crippen LogP) is 5.38. The molecule has 1 unspecified atom stereocenters. The molecule has 44 heavy (non-hydrogen) atoms. The van der Waals surface area contributed by atoms with Crippen molar-refractivity contribution in [3.05, 3.63) is 89.7 Å². The van der Waals surface area contributed by atoms with Crippen molar-refractivity contribution in [1.29, 1.82) is 0 Å². The quantitative estimate of drug-likeness (QED) is 0.149. The summed E-state index contributed by atoms with van der Waals surface area (Å²) in [6.07, 6.45) is -3.77. The second-order valence-corrected chi connectivity index (χ2v) is 9.65. The topological polar surface area (TPSA) is 129 Å². The molecule has 0 aliphatic heterocycles. The van der Waals surface area contributed by atoms with Crippen LogP contribution in [0.1, 0.15) is 15.9 Å². The maximum Gasteiger partial charge on any atom is 0.490 e. The van der Waals surface area contributed by atoms with Crippen LogP contribution in [0, 0.1) is 11.6 Å². The van der Waals surface area contributed by atoms with Gasteiger partial charge in [-0.25, -0.2) is 13.6 Å². The first kappa shape index (κ1) is 33.7. The van der Waals surface area contributed by atoms with Gasteiger partial charge in [-0.1, -0.05) is 30.3 Å². The molecule has 0 aliphatic carbocycles. The molecule has 0 fully saturated rings. The number of Topliss-reactive ketones (excluding diaryl/α,β-unsaturated/α-hetero) is 1. The molecular weight excluding hydrogens is 595 g/mol. The van der Waals surface area contributed by atoms with E-state index >= 15 is 0 Å². The van der Waals surface area contributed by atoms with Crippen molar-refractivity contribution in [2.75, 3.05) is 27.2 Å². The number of ketones is 1. The maximum absolute atomic E-state index is 14.0. The number of hydrogen-bond donors (Lipinski definition) is 3. The SMILES string of the molecule is CN(C)CC(NCC(=O)O)C(=O)c1cccc(COc2ccc(-c3cc(F)c(F)c4ccoc34)cc2)c1.O=C(O)C(F)(F)F. The molecule has 3 N–H and O–H groups in total. The highest BCUT2D eigenvalue weighted by Crippen LogP contribution is 2.33. The molecular formula is C30H27F5N2O7. The van der Waals surface area contributed by atoms with Crippen LogP contribution in [0.25, 0.3) is 22.1 Å². The van der Waals surface area contributed by atoms with Crippen molar-refractivity contribution in [2.45, 2.75) is 18.8 Å². The number of carbonyl (C=O) groups is 3. The fourth-order valence-corrected chi connectivity index (χ4v) is 4.02. The van der Waals surface area contributed by atoms with Crippen molar-refractivity contribution >= 4 is 28.7 Å². The van der Waals surface area contributed by atoms with E-state index in [2.05, 4.69) is 5.32 Å². The van der Waals surface area contributed by atoms with Crippen molar-refractivity contribution in [3.8, 4) is 16.9 Å². The van der Waals surface area contributed by atoms with Crippen LogP contribution in [0.3, 0.4) is 0 Å². The molecule has 14 heteroatoms. The van der Waals surface area contributed by atoms with E-state index in [1.807, 2.05) is 25.1 Å². The van der Waals surface area contributed by atoms with Crippen LogP contribution >= 0.6 is 0 Å². The Labute approximate surface area is 247 Å². The molecule has 234 valence electrons. The number of carboxylic acids is 2. The van der Waals surface area contributed by atoms with Crippen LogP contribution in [0.4, 0.5) is 22.0 Å². The first-order valence-corrected chi connectivity index (χ1v) is 12.8. The largest absolute Gasteiger partial charge is 0.490 e. The summed E-state index contributed by atoms with van der Waals surface area (Å²) >= 11 is 0. The zero-order valence-electron chi connectivity index (χ0n) is 23.3. The molecule has 9 nitrogen and oxygen atoms in total. The lowest BCUT2D eigenvalue weighted by Crippen LogP contribution is -2.46. The second-order valence-electron chi connectivity index (χ2n) is 9.65. The summed E-state index contributed by atoms with van der Waals surface area (Å²) in [6, 6.07) is 15.7. The van der Waals surface area contributed by atoms with Gasteiger partial charge in [0, 0.05) is 17.7 Å². The van der Waals surface area contributed by atoms with Crippen molar-refractivity contribution in [2.24, 2.45) is 0 Å². The van der Waals surface area contributed by atoms with E-state index in [9.17, 15) is 31.5 Å². The van der Waals surface area contributed by atoms with Crippen LogP contribution in [0.5, 0.6) is 5.75 Å². The molecule has 4 aromatic rings. The van der Waals surface area contributed by atoms with Gasteiger partial charge in [0.2, 0.25) is 0 Å². The summed E-state index contributed by atoms with van der Waals surface area (Å²) in [5.41, 5.74) is 2.54. The predicted molar refractivity (Wildman–Crippen MR) is 148 cm³/mol. The Kier molecular flexibility index (Phi) is 11.2. The van der Waals surface area contributed by atoms with Crippen molar-refractivity contribution in [1.82, 2.24) is 10.2 Å². The van der Waals surface area contributed by atoms with Gasteiger partial charge in [0.15, 0.2) is 17.4 Å². The van der Waals surface area contributed by atoms with Gasteiger partial charge in [0.1, 0.15) is 17.9 Å². The molecule has 0 spiro atoms. The highest BCUT2D eigenvalue weighted by molar-refractivity contribution is 6.00. The van der Waals surface area contributed by atoms with Crippen LogP contribution in [0.15, 0.2) is 71.3 Å². The number of likely N-dealkylation sites (N-methyl/N-ethyl adjacent to an activating group) is 1. The number of carbonyl (C=O) groups excluding carboxylic acids is 1. The van der Waals surface area contributed by atoms with Gasteiger partial charge in [-0.2, -0.15) is 13.2 Å². The third-order valence-electron chi connectivity index (χ3n) is 6.02. The highest BCUT2D eigenvalue weighted by atomic mass is 19.4. The first-order valence-electron chi connectivity index (χ1n) is 12.8. The normalized spacial score (nSPS) is 12.0. The van der Waals surface area contributed by atoms with Gasteiger partial charge in [-0.3, -0.25) is 14.9 Å². The molecule has 1 heterocycles. The Balaban J connectivity index is 0.000000676. The van der Waals surface area contributed by atoms with Gasteiger partial charge >= 0.3 is 18.1 Å². The van der Waals surface area contributed by atoms with E-state index in [1.165, 1.54) is 12.3 Å². The summed E-state index contributed by atoms with van der Waals surface area (Å²) in [5.74, 6) is -5.36. The molecule has 0 saturated heterocycles. The Hall–Kier alpha value is -4.82. The lowest BCUT2D eigenvalue weighted by molar-refractivity contribution is -0.192. The van der Waals surface area contributed by atoms with Gasteiger partial charge in [-0.15, -0.1) is 0 Å². The molecule has 0 radical (unpaired) electrons. The number of nitrogens with zero attached hydrogens (tertiary/aromatic N) is 1. The fourth-order valence-electron chi connectivity index (χ4n) is 4.02. The average molecular weight is 623 g/mol. The van der Waals surface area contributed by atoms with E-state index in [4.69, 9.17) is 24.2 Å². The minimum Gasteiger partial charge on any atom is -0.489 e. The summed E-state index contributed by atoms with van der Waals surface area (Å²) in [4.78, 5) is 34.7. The number of rotatable bonds is 11. The lowest BCUT2D eigenvalue weighted by atomic mass is 10.0. The van der Waals surface area contributed by atoms with Gasteiger partial charge in [0.25, 0.3) is 0 Å². The number of alkyl halides is 3. The third-order valence-corrected chi connectivity index (χ3v) is 6.02. The Bertz CT molecular complexity index is 1620. The zero-order chi connectivity index (χ0) is 32.6. The standard InChI is InChI=1S/C28H26F2N2O5.C2HF3O2/c1-32(2)15-24(31-14-25(33)34)27(35)19-5-3-4-17(12-19)16-37-20-8-6-18(7-9-20)22-13-23(29)26(30)21-10-11-36-28(21)22;3-2(4,5)1(6)7/h3-13,24,31H,14-16H2,1-2H3,(H,33,34);(H,6,7). The van der Waals surface area contributed by atoms with Crippen LogP contribution in [0.2, 0.25) is 0 Å². The van der Waals surface area contributed by atoms with Crippen LogP contribution in [-0.2, 0) is 16.2 Å². The molecule has 0 bridgehead atoms. The number of furan rings is 1. The van der Waals surface area contributed by atoms with Crippen molar-refractivity contribution in [3.63, 3.8) is 0 Å². The smallest absolute Gasteiger partial charge is 0.489 e. The van der Waals surface area contributed by atoms with Gasteiger partial charge in [0.05, 0.1) is 24.2 Å². The monoisotopic (exact) mass is 622 g/mol. The Morgan fingerprint density at radius 3 is 2.25 bits per heavy atom. The zero-order valence-corrected chi connectivity index (χ0v) is 23.3. The minimum atomic E-state index is -5.08. The van der Waals surface area contributed by atoms with Gasteiger partial charge < -0.3 is 24.3 Å². The van der Waals surface area contributed by atoms with Crippen molar-refractivity contribution < 1.29 is 55.7 Å². The number of nitrogens with one attached hydrogen (secondary N) is 1. The first-order chi connectivity index (χ1) is 20.7. The molecule has 0 amide bonds. The number of carboxylic acid groups (broad SMARTS) is 2. The Morgan fingerprint density at radius 1 is 1.00 bits per heavy atom. The van der Waals surface area contributed by atoms with E-state index in [1.54, 1.807) is 42.5 Å². The lowest BCUT2D eigenvalue weighted by Gasteiger charge is -2.21. The number of hydrogen-bond acceptors (Lipinski definition) is 7. The van der Waals surface area contributed by atoms with Gasteiger partial charge in [-0.05, 0) is 55.6 Å². The van der Waals surface area contributed by atoms with E-state index in [-0.39, 0.29) is 29.9 Å². The average Bonchev–Trinajstić information content (AvgIpc) is 3.46. The molecule has 1 atom stereocenters. The minimum absolute atomic E-state index is 0.0794. The van der Waals surface area contributed by atoms with Crippen LogP contribution < -0.4 is 10.1 Å². The number of fused-ring (bicyclic) bond motifs is 1. The fraction of sp³-hybridized carbons (Fsp3) is 0.233.